The summed E-state index contributed by atoms with van der Waals surface area (Å²) in [6, 6.07) is 15.8. The quantitative estimate of drug-likeness (QED) is 0.630. The molecule has 2 aromatic carbocycles. The van der Waals surface area contributed by atoms with Crippen LogP contribution >= 0.6 is 11.6 Å². The van der Waals surface area contributed by atoms with Crippen LogP contribution in [0.4, 0.5) is 0 Å². The molecule has 0 aromatic heterocycles. The number of esters is 2. The van der Waals surface area contributed by atoms with Gasteiger partial charge in [-0.1, -0.05) is 41.9 Å². The maximum Gasteiger partial charge on any atom is 0.338 e. The van der Waals surface area contributed by atoms with Crippen molar-refractivity contribution in [1.82, 2.24) is 0 Å². The summed E-state index contributed by atoms with van der Waals surface area (Å²) in [6.07, 6.45) is 0. The van der Waals surface area contributed by atoms with Crippen LogP contribution in [0, 0.1) is 0 Å². The second-order valence-electron chi connectivity index (χ2n) is 3.82. The fourth-order valence-electron chi connectivity index (χ4n) is 1.47. The lowest BCUT2D eigenvalue weighted by Gasteiger charge is -2.04. The number of carbonyl (C=O) groups excluding carboxylic acids is 2. The molecule has 0 atom stereocenters. The van der Waals surface area contributed by atoms with Gasteiger partial charge in [0.05, 0.1) is 25.3 Å². The van der Waals surface area contributed by atoms with Gasteiger partial charge in [0.25, 0.3) is 0 Å². The predicted octanol–water partition coefficient (Wildman–Crippen LogP) is 3.22. The summed E-state index contributed by atoms with van der Waals surface area (Å²) in [5, 5.41) is 0.794. The molecule has 0 bridgehead atoms. The Kier molecular flexibility index (Phi) is 9.38. The zero-order chi connectivity index (χ0) is 15.7. The van der Waals surface area contributed by atoms with Gasteiger partial charge in [0.15, 0.2) is 0 Å². The Morgan fingerprint density at radius 3 is 1.41 bits per heavy atom. The molecule has 0 saturated carbocycles. The SMILES string of the molecule is COC(=O)c1ccccc1C(=O)OC.Clc1ccccc1.[B]. The van der Waals surface area contributed by atoms with Crippen LogP contribution in [-0.4, -0.2) is 34.6 Å². The Balaban J connectivity index is 0.000000465. The lowest BCUT2D eigenvalue weighted by Crippen LogP contribution is -2.11. The Hall–Kier alpha value is -2.27. The van der Waals surface area contributed by atoms with Gasteiger partial charge in [0.1, 0.15) is 0 Å². The van der Waals surface area contributed by atoms with Crippen molar-refractivity contribution in [1.29, 1.82) is 0 Å². The summed E-state index contributed by atoms with van der Waals surface area (Å²) in [5.41, 5.74) is 0.420. The molecule has 0 aliphatic rings. The van der Waals surface area contributed by atoms with Gasteiger partial charge in [-0.05, 0) is 24.3 Å². The van der Waals surface area contributed by atoms with Gasteiger partial charge >= 0.3 is 11.9 Å². The van der Waals surface area contributed by atoms with E-state index in [0.29, 0.717) is 0 Å². The van der Waals surface area contributed by atoms with Gasteiger partial charge in [0.2, 0.25) is 0 Å². The molecule has 2 aromatic rings. The second kappa shape index (κ2) is 10.5. The van der Waals surface area contributed by atoms with Crippen molar-refractivity contribution in [2.75, 3.05) is 14.2 Å². The zero-order valence-corrected chi connectivity index (χ0v) is 13.0. The Morgan fingerprint density at radius 2 is 1.14 bits per heavy atom. The lowest BCUT2D eigenvalue weighted by molar-refractivity contribution is 0.0555. The van der Waals surface area contributed by atoms with E-state index < -0.39 is 11.9 Å². The van der Waals surface area contributed by atoms with Crippen molar-refractivity contribution in [3.63, 3.8) is 0 Å². The van der Waals surface area contributed by atoms with Crippen LogP contribution in [0.3, 0.4) is 0 Å². The average Bonchev–Trinajstić information content (AvgIpc) is 2.54. The molecule has 0 spiro atoms. The summed E-state index contributed by atoms with van der Waals surface area (Å²) < 4.78 is 9.05. The summed E-state index contributed by atoms with van der Waals surface area (Å²) in [4.78, 5) is 22.4. The standard InChI is InChI=1S/C10H10O4.C6H5Cl.B/c1-13-9(11)7-5-3-4-6-8(7)10(12)14-2;7-6-4-2-1-3-5-6;/h3-6H,1-2H3;1-5H;. The smallest absolute Gasteiger partial charge is 0.338 e. The molecule has 6 heteroatoms. The number of hydrogen-bond acceptors (Lipinski definition) is 4. The van der Waals surface area contributed by atoms with E-state index in [1.807, 2.05) is 30.3 Å². The van der Waals surface area contributed by atoms with Gasteiger partial charge < -0.3 is 9.47 Å². The highest BCUT2D eigenvalue weighted by molar-refractivity contribution is 6.30. The molecule has 0 unspecified atom stereocenters. The maximum atomic E-state index is 11.2. The molecule has 0 aliphatic heterocycles. The molecule has 0 heterocycles. The van der Waals surface area contributed by atoms with Gasteiger partial charge in [-0.3, -0.25) is 0 Å². The minimum atomic E-state index is -0.550. The van der Waals surface area contributed by atoms with Gasteiger partial charge in [0, 0.05) is 13.4 Å². The van der Waals surface area contributed by atoms with Crippen molar-refractivity contribution < 1.29 is 19.1 Å². The van der Waals surface area contributed by atoms with E-state index in [0.717, 1.165) is 5.02 Å². The van der Waals surface area contributed by atoms with E-state index in [4.69, 9.17) is 11.6 Å². The molecule has 0 aliphatic carbocycles. The fraction of sp³-hybridized carbons (Fsp3) is 0.125. The molecule has 0 saturated heterocycles. The van der Waals surface area contributed by atoms with Gasteiger partial charge in [-0.15, -0.1) is 0 Å². The Morgan fingerprint density at radius 1 is 0.773 bits per heavy atom. The van der Waals surface area contributed by atoms with Crippen LogP contribution in [0.5, 0.6) is 0 Å². The molecule has 3 radical (unpaired) electrons. The largest absolute Gasteiger partial charge is 0.465 e. The van der Waals surface area contributed by atoms with Gasteiger partial charge in [-0.25, -0.2) is 9.59 Å². The third-order valence-electron chi connectivity index (χ3n) is 2.47. The van der Waals surface area contributed by atoms with Crippen LogP contribution in [0.2, 0.25) is 5.02 Å². The van der Waals surface area contributed by atoms with E-state index in [9.17, 15) is 9.59 Å². The topological polar surface area (TPSA) is 52.6 Å². The number of ether oxygens (including phenoxy) is 2. The molecular formula is C16H15BClO4. The summed E-state index contributed by atoms with van der Waals surface area (Å²) >= 11 is 5.54. The minimum absolute atomic E-state index is 0. The third-order valence-corrected chi connectivity index (χ3v) is 2.72. The van der Waals surface area contributed by atoms with Crippen molar-refractivity contribution >= 4 is 32.0 Å². The van der Waals surface area contributed by atoms with Crippen molar-refractivity contribution in [2.24, 2.45) is 0 Å². The molecule has 22 heavy (non-hydrogen) atoms. The summed E-state index contributed by atoms with van der Waals surface area (Å²) in [6.45, 7) is 0. The second-order valence-corrected chi connectivity index (χ2v) is 4.26. The summed E-state index contributed by atoms with van der Waals surface area (Å²) in [7, 11) is 2.52. The van der Waals surface area contributed by atoms with E-state index in [1.54, 1.807) is 12.1 Å². The van der Waals surface area contributed by atoms with Crippen LogP contribution in [0.25, 0.3) is 0 Å². The summed E-state index contributed by atoms with van der Waals surface area (Å²) in [5.74, 6) is -1.10. The first-order valence-corrected chi connectivity index (χ1v) is 6.44. The molecule has 4 nitrogen and oxygen atoms in total. The van der Waals surface area contributed by atoms with E-state index in [-0.39, 0.29) is 19.5 Å². The Bertz CT molecular complexity index is 567. The van der Waals surface area contributed by atoms with E-state index in [1.165, 1.54) is 26.4 Å². The monoisotopic (exact) mass is 317 g/mol. The van der Waals surface area contributed by atoms with E-state index in [2.05, 4.69) is 9.47 Å². The first kappa shape index (κ1) is 19.7. The highest BCUT2D eigenvalue weighted by Gasteiger charge is 2.16. The molecular weight excluding hydrogens is 302 g/mol. The molecule has 0 N–H and O–H groups in total. The molecule has 113 valence electrons. The first-order chi connectivity index (χ1) is 10.1. The number of benzene rings is 2. The first-order valence-electron chi connectivity index (χ1n) is 6.06. The third kappa shape index (κ3) is 6.02. The van der Waals surface area contributed by atoms with Crippen LogP contribution < -0.4 is 0 Å². The minimum Gasteiger partial charge on any atom is -0.465 e. The number of rotatable bonds is 2. The molecule has 0 amide bonds. The normalized spacial score (nSPS) is 8.68. The Labute approximate surface area is 136 Å². The van der Waals surface area contributed by atoms with Crippen molar-refractivity contribution in [3.05, 3.63) is 70.7 Å². The van der Waals surface area contributed by atoms with Crippen molar-refractivity contribution in [2.45, 2.75) is 0 Å². The number of hydrogen-bond donors (Lipinski definition) is 0. The van der Waals surface area contributed by atoms with Crippen LogP contribution in [0.15, 0.2) is 54.6 Å². The predicted molar refractivity (Wildman–Crippen MR) is 86.3 cm³/mol. The number of halogens is 1. The number of carbonyl (C=O) groups is 2. The van der Waals surface area contributed by atoms with Crippen LogP contribution in [-0.2, 0) is 9.47 Å². The molecule has 2 rings (SSSR count). The fourth-order valence-corrected chi connectivity index (χ4v) is 1.62. The van der Waals surface area contributed by atoms with Crippen LogP contribution in [0.1, 0.15) is 20.7 Å². The van der Waals surface area contributed by atoms with Crippen molar-refractivity contribution in [3.8, 4) is 0 Å². The molecule has 0 fully saturated rings. The average molecular weight is 318 g/mol. The zero-order valence-electron chi connectivity index (χ0n) is 12.3. The van der Waals surface area contributed by atoms with Gasteiger partial charge in [-0.2, -0.15) is 0 Å². The lowest BCUT2D eigenvalue weighted by atomic mass is 10.1. The highest BCUT2D eigenvalue weighted by atomic mass is 35.5. The van der Waals surface area contributed by atoms with E-state index >= 15 is 0 Å². The number of methoxy groups -OCH3 is 2. The maximum absolute atomic E-state index is 11.2. The highest BCUT2D eigenvalue weighted by Crippen LogP contribution is 2.10.